The largest absolute Gasteiger partial charge is 0.507 e. The maximum absolute atomic E-state index is 13.1. The summed E-state index contributed by atoms with van der Waals surface area (Å²) < 4.78 is 16.6. The van der Waals surface area contributed by atoms with Crippen molar-refractivity contribution < 1.29 is 28.9 Å². The van der Waals surface area contributed by atoms with E-state index >= 15 is 0 Å². The zero-order valence-electron chi connectivity index (χ0n) is 20.5. The van der Waals surface area contributed by atoms with Crippen molar-refractivity contribution in [1.82, 2.24) is 4.90 Å². The van der Waals surface area contributed by atoms with E-state index in [1.807, 2.05) is 32.0 Å². The van der Waals surface area contributed by atoms with Crippen molar-refractivity contribution in [2.24, 2.45) is 5.92 Å². The molecule has 1 atom stereocenters. The van der Waals surface area contributed by atoms with E-state index in [9.17, 15) is 14.7 Å². The monoisotopic (exact) mass is 467 g/mol. The highest BCUT2D eigenvalue weighted by Crippen LogP contribution is 2.40. The molecule has 1 amide bonds. The molecule has 1 aliphatic heterocycles. The number of hydrogen-bond donors (Lipinski definition) is 1. The molecular formula is C27H33NO6. The summed E-state index contributed by atoms with van der Waals surface area (Å²) in [7, 11) is 1.53. The number of hydrogen-bond acceptors (Lipinski definition) is 6. The fraction of sp³-hybridized carbons (Fsp3) is 0.407. The number of methoxy groups -OCH3 is 1. The number of likely N-dealkylation sites (tertiary alicyclic amines) is 1. The van der Waals surface area contributed by atoms with Gasteiger partial charge in [-0.2, -0.15) is 0 Å². The van der Waals surface area contributed by atoms with Crippen molar-refractivity contribution in [2.75, 3.05) is 33.5 Å². The number of ketones is 1. The van der Waals surface area contributed by atoms with Crippen LogP contribution in [-0.2, 0) is 14.3 Å². The van der Waals surface area contributed by atoms with Crippen molar-refractivity contribution >= 4 is 17.4 Å². The first-order valence-corrected chi connectivity index (χ1v) is 11.5. The van der Waals surface area contributed by atoms with Crippen molar-refractivity contribution in [3.8, 4) is 11.5 Å². The normalized spacial score (nSPS) is 17.5. The fourth-order valence-electron chi connectivity index (χ4n) is 3.96. The zero-order chi connectivity index (χ0) is 24.8. The van der Waals surface area contributed by atoms with Crippen molar-refractivity contribution in [2.45, 2.75) is 33.7 Å². The number of Topliss-reactive ketones (excluding diaryl/α,β-unsaturated/α-hetero) is 1. The van der Waals surface area contributed by atoms with Crippen LogP contribution in [0.4, 0.5) is 0 Å². The number of amides is 1. The van der Waals surface area contributed by atoms with Crippen LogP contribution in [0.3, 0.4) is 0 Å². The smallest absolute Gasteiger partial charge is 0.295 e. The van der Waals surface area contributed by atoms with Crippen LogP contribution in [0, 0.1) is 12.8 Å². The number of ether oxygens (including phenoxy) is 3. The standard InChI is InChI=1S/C27H33NO6/c1-6-33-21-9-7-8-19(15-21)24-23(26(30)27(31)28(24)12-13-32-5)25(29)20-10-11-22(18(4)14-20)34-16-17(2)3/h7-11,14-15,17,24,29H,6,12-13,16H2,1-5H3/b25-23+. The molecule has 0 aliphatic carbocycles. The predicted molar refractivity (Wildman–Crippen MR) is 130 cm³/mol. The van der Waals surface area contributed by atoms with E-state index in [0.717, 1.165) is 5.56 Å². The van der Waals surface area contributed by atoms with Crippen LogP contribution in [0.25, 0.3) is 5.76 Å². The van der Waals surface area contributed by atoms with Crippen LogP contribution in [0.2, 0.25) is 0 Å². The maximum Gasteiger partial charge on any atom is 0.295 e. The lowest BCUT2D eigenvalue weighted by Gasteiger charge is -2.25. The molecule has 1 N–H and O–H groups in total. The van der Waals surface area contributed by atoms with Gasteiger partial charge in [-0.05, 0) is 61.2 Å². The summed E-state index contributed by atoms with van der Waals surface area (Å²) >= 11 is 0. The van der Waals surface area contributed by atoms with Gasteiger partial charge in [0.15, 0.2) is 0 Å². The molecule has 0 spiro atoms. The van der Waals surface area contributed by atoms with Gasteiger partial charge in [0.2, 0.25) is 0 Å². The Balaban J connectivity index is 2.08. The van der Waals surface area contributed by atoms with Gasteiger partial charge in [-0.1, -0.05) is 26.0 Å². The highest BCUT2D eigenvalue weighted by molar-refractivity contribution is 6.46. The molecule has 0 aromatic heterocycles. The van der Waals surface area contributed by atoms with Gasteiger partial charge in [-0.15, -0.1) is 0 Å². The van der Waals surface area contributed by atoms with Crippen LogP contribution in [0.5, 0.6) is 11.5 Å². The Labute approximate surface area is 200 Å². The molecule has 7 heteroatoms. The Hall–Kier alpha value is -3.32. The zero-order valence-corrected chi connectivity index (χ0v) is 20.5. The predicted octanol–water partition coefficient (Wildman–Crippen LogP) is 4.50. The molecule has 0 bridgehead atoms. The van der Waals surface area contributed by atoms with Gasteiger partial charge in [-0.25, -0.2) is 0 Å². The molecule has 1 aliphatic rings. The van der Waals surface area contributed by atoms with E-state index < -0.39 is 17.7 Å². The lowest BCUT2D eigenvalue weighted by atomic mass is 9.94. The molecule has 7 nitrogen and oxygen atoms in total. The number of nitrogens with zero attached hydrogens (tertiary/aromatic N) is 1. The lowest BCUT2D eigenvalue weighted by molar-refractivity contribution is -0.140. The number of carbonyl (C=O) groups excluding carboxylic acids is 2. The first-order chi connectivity index (χ1) is 16.3. The molecule has 34 heavy (non-hydrogen) atoms. The Morgan fingerprint density at radius 1 is 1.12 bits per heavy atom. The highest BCUT2D eigenvalue weighted by Gasteiger charge is 2.46. The molecule has 3 rings (SSSR count). The first kappa shape index (κ1) is 25.3. The van der Waals surface area contributed by atoms with Gasteiger partial charge in [0, 0.05) is 19.2 Å². The summed E-state index contributed by atoms with van der Waals surface area (Å²) in [5, 5.41) is 11.3. The van der Waals surface area contributed by atoms with Crippen LogP contribution in [-0.4, -0.2) is 55.2 Å². The third kappa shape index (κ3) is 5.42. The molecule has 1 saturated heterocycles. The molecule has 2 aromatic rings. The average Bonchev–Trinajstić information content (AvgIpc) is 3.06. The second-order valence-corrected chi connectivity index (χ2v) is 8.68. The summed E-state index contributed by atoms with van der Waals surface area (Å²) in [6, 6.07) is 11.7. The molecule has 1 unspecified atom stereocenters. The lowest BCUT2D eigenvalue weighted by Crippen LogP contribution is -2.32. The third-order valence-electron chi connectivity index (χ3n) is 5.58. The second-order valence-electron chi connectivity index (χ2n) is 8.68. The van der Waals surface area contributed by atoms with E-state index in [0.29, 0.717) is 41.8 Å². The topological polar surface area (TPSA) is 85.3 Å². The molecule has 0 saturated carbocycles. The Morgan fingerprint density at radius 2 is 1.88 bits per heavy atom. The number of rotatable bonds is 10. The van der Waals surface area contributed by atoms with E-state index in [-0.39, 0.29) is 24.5 Å². The average molecular weight is 468 g/mol. The molecule has 0 radical (unpaired) electrons. The van der Waals surface area contributed by atoms with Crippen molar-refractivity contribution in [3.63, 3.8) is 0 Å². The summed E-state index contributed by atoms with van der Waals surface area (Å²) in [5.74, 6) is 0.107. The SMILES string of the molecule is CCOc1cccc(C2/C(=C(\O)c3ccc(OCC(C)C)c(C)c3)C(=O)C(=O)N2CCOC)c1. The van der Waals surface area contributed by atoms with Crippen molar-refractivity contribution in [3.05, 3.63) is 64.7 Å². The van der Waals surface area contributed by atoms with Crippen LogP contribution >= 0.6 is 0 Å². The number of aliphatic hydroxyl groups is 1. The van der Waals surface area contributed by atoms with E-state index in [1.165, 1.54) is 12.0 Å². The fourth-order valence-corrected chi connectivity index (χ4v) is 3.96. The minimum Gasteiger partial charge on any atom is -0.507 e. The second kappa shape index (κ2) is 11.2. The first-order valence-electron chi connectivity index (χ1n) is 11.5. The number of aryl methyl sites for hydroxylation is 1. The third-order valence-corrected chi connectivity index (χ3v) is 5.58. The summed E-state index contributed by atoms with van der Waals surface area (Å²) in [6.07, 6.45) is 0. The Bertz CT molecular complexity index is 1070. The van der Waals surface area contributed by atoms with E-state index in [1.54, 1.807) is 24.3 Å². The van der Waals surface area contributed by atoms with Crippen LogP contribution in [0.15, 0.2) is 48.0 Å². The number of carbonyl (C=O) groups is 2. The van der Waals surface area contributed by atoms with Crippen LogP contribution < -0.4 is 9.47 Å². The summed E-state index contributed by atoms with van der Waals surface area (Å²) in [6.45, 7) is 9.43. The molecule has 1 fully saturated rings. The minimum absolute atomic E-state index is 0.0463. The van der Waals surface area contributed by atoms with Gasteiger partial charge in [0.05, 0.1) is 31.4 Å². The van der Waals surface area contributed by atoms with Crippen molar-refractivity contribution in [1.29, 1.82) is 0 Å². The Morgan fingerprint density at radius 3 is 2.53 bits per heavy atom. The van der Waals surface area contributed by atoms with Crippen LogP contribution in [0.1, 0.15) is 43.5 Å². The van der Waals surface area contributed by atoms with Gasteiger partial charge in [0.25, 0.3) is 11.7 Å². The molecular weight excluding hydrogens is 434 g/mol. The summed E-state index contributed by atoms with van der Waals surface area (Å²) in [4.78, 5) is 27.5. The number of aliphatic hydroxyl groups excluding tert-OH is 1. The van der Waals surface area contributed by atoms with E-state index in [2.05, 4.69) is 13.8 Å². The van der Waals surface area contributed by atoms with Gasteiger partial charge < -0.3 is 24.2 Å². The molecule has 1 heterocycles. The van der Waals surface area contributed by atoms with Gasteiger partial charge in [0.1, 0.15) is 17.3 Å². The summed E-state index contributed by atoms with van der Waals surface area (Å²) in [5.41, 5.74) is 2.00. The minimum atomic E-state index is -0.757. The Kier molecular flexibility index (Phi) is 8.34. The van der Waals surface area contributed by atoms with Gasteiger partial charge >= 0.3 is 0 Å². The number of benzene rings is 2. The quantitative estimate of drug-likeness (QED) is 0.315. The highest BCUT2D eigenvalue weighted by atomic mass is 16.5. The maximum atomic E-state index is 13.1. The molecule has 182 valence electrons. The molecule has 2 aromatic carbocycles. The van der Waals surface area contributed by atoms with Gasteiger partial charge in [-0.3, -0.25) is 9.59 Å². The van der Waals surface area contributed by atoms with E-state index in [4.69, 9.17) is 14.2 Å².